The number of anilines is 2. The molecule has 0 saturated carbocycles. The van der Waals surface area contributed by atoms with E-state index in [2.05, 4.69) is 10.0 Å². The normalized spacial score (nSPS) is 10.6. The number of esters is 1. The topological polar surface area (TPSA) is 125 Å². The summed E-state index contributed by atoms with van der Waals surface area (Å²) in [5.74, 6) is -1.39. The Morgan fingerprint density at radius 1 is 1.07 bits per heavy atom. The van der Waals surface area contributed by atoms with E-state index >= 15 is 0 Å². The van der Waals surface area contributed by atoms with Gasteiger partial charge in [-0.3, -0.25) is 9.52 Å². The number of sulfonamides is 1. The lowest BCUT2D eigenvalue weighted by Crippen LogP contribution is -2.21. The quantitative estimate of drug-likeness (QED) is 0.542. The van der Waals surface area contributed by atoms with E-state index in [-0.39, 0.29) is 16.1 Å². The number of hydrogen-bond acceptors (Lipinski definition) is 7. The Labute approximate surface area is 176 Å². The third kappa shape index (κ3) is 5.22. The van der Waals surface area contributed by atoms with Crippen LogP contribution >= 0.6 is 11.3 Å². The maximum atomic E-state index is 12.4. The van der Waals surface area contributed by atoms with Gasteiger partial charge in [0, 0.05) is 5.69 Å². The molecule has 1 aromatic heterocycles. The number of carbonyl (C=O) groups is 2. The molecule has 3 aromatic rings. The highest BCUT2D eigenvalue weighted by molar-refractivity contribution is 7.92. The van der Waals surface area contributed by atoms with E-state index in [9.17, 15) is 18.0 Å². The summed E-state index contributed by atoms with van der Waals surface area (Å²) in [6.07, 6.45) is 0. The van der Waals surface area contributed by atoms with E-state index < -0.39 is 28.5 Å². The van der Waals surface area contributed by atoms with Crippen LogP contribution in [0.25, 0.3) is 0 Å². The van der Waals surface area contributed by atoms with Gasteiger partial charge in [-0.15, -0.1) is 11.3 Å². The first-order chi connectivity index (χ1) is 14.4. The second-order valence-electron chi connectivity index (χ2n) is 5.90. The van der Waals surface area contributed by atoms with Crippen molar-refractivity contribution >= 4 is 43.9 Å². The maximum absolute atomic E-state index is 12.4. The van der Waals surface area contributed by atoms with Crippen LogP contribution in [0.3, 0.4) is 0 Å². The van der Waals surface area contributed by atoms with Crippen LogP contribution in [-0.2, 0) is 19.6 Å². The fraction of sp³-hybridized carbons (Fsp3) is 0.0500. The molecule has 2 aromatic carbocycles. The summed E-state index contributed by atoms with van der Waals surface area (Å²) in [6.45, 7) is -0.554. The molecule has 1 heterocycles. The third-order valence-corrected chi connectivity index (χ3v) is 6.00. The Kier molecular flexibility index (Phi) is 6.46. The van der Waals surface area contributed by atoms with E-state index in [1.165, 1.54) is 47.7 Å². The molecule has 1 amide bonds. The van der Waals surface area contributed by atoms with Gasteiger partial charge < -0.3 is 10.1 Å². The van der Waals surface area contributed by atoms with Crippen LogP contribution in [0.2, 0.25) is 0 Å². The second kappa shape index (κ2) is 9.21. The highest BCUT2D eigenvalue weighted by Crippen LogP contribution is 2.22. The number of hydrogen-bond donors (Lipinski definition) is 2. The van der Waals surface area contributed by atoms with E-state index in [1.54, 1.807) is 29.6 Å². The zero-order valence-corrected chi connectivity index (χ0v) is 17.0. The number of ether oxygens (including phenoxy) is 1. The van der Waals surface area contributed by atoms with Crippen LogP contribution in [0.1, 0.15) is 15.9 Å². The Balaban J connectivity index is 1.62. The van der Waals surface area contributed by atoms with Crippen LogP contribution in [0.4, 0.5) is 10.7 Å². The van der Waals surface area contributed by atoms with Gasteiger partial charge in [0.25, 0.3) is 15.9 Å². The molecule has 2 N–H and O–H groups in total. The summed E-state index contributed by atoms with van der Waals surface area (Å²) in [5, 5.41) is 13.5. The second-order valence-corrected chi connectivity index (χ2v) is 8.50. The van der Waals surface area contributed by atoms with Gasteiger partial charge >= 0.3 is 5.97 Å². The predicted octanol–water partition coefficient (Wildman–Crippen LogP) is 3.22. The molecule has 152 valence electrons. The molecule has 30 heavy (non-hydrogen) atoms. The summed E-state index contributed by atoms with van der Waals surface area (Å²) < 4.78 is 32.2. The predicted molar refractivity (Wildman–Crippen MR) is 112 cm³/mol. The zero-order chi connectivity index (χ0) is 21.6. The molecule has 0 unspecified atom stereocenters. The first kappa shape index (κ1) is 21.0. The molecule has 0 aliphatic heterocycles. The van der Waals surface area contributed by atoms with E-state index in [0.29, 0.717) is 10.6 Å². The van der Waals surface area contributed by atoms with Gasteiger partial charge in [0.15, 0.2) is 6.61 Å². The van der Waals surface area contributed by atoms with Crippen LogP contribution in [-0.4, -0.2) is 26.9 Å². The third-order valence-electron chi connectivity index (χ3n) is 3.78. The lowest BCUT2D eigenvalue weighted by molar-refractivity contribution is -0.119. The number of nitrogens with zero attached hydrogens (tertiary/aromatic N) is 1. The molecule has 0 atom stereocenters. The lowest BCUT2D eigenvalue weighted by Gasteiger charge is -2.10. The van der Waals surface area contributed by atoms with Gasteiger partial charge in [0.1, 0.15) is 11.1 Å². The first-order valence-electron chi connectivity index (χ1n) is 8.51. The summed E-state index contributed by atoms with van der Waals surface area (Å²) >= 11 is 1.18. The SMILES string of the molecule is N#Cc1ccsc1NC(=O)COC(=O)c1cccc(NS(=O)(=O)c2ccccc2)c1. The maximum Gasteiger partial charge on any atom is 0.338 e. The first-order valence-corrected chi connectivity index (χ1v) is 10.9. The van der Waals surface area contributed by atoms with Crippen molar-refractivity contribution in [3.63, 3.8) is 0 Å². The number of benzene rings is 2. The number of nitriles is 1. The lowest BCUT2D eigenvalue weighted by atomic mass is 10.2. The number of thiophene rings is 1. The van der Waals surface area contributed by atoms with Crippen LogP contribution in [0.5, 0.6) is 0 Å². The van der Waals surface area contributed by atoms with Crippen molar-refractivity contribution < 1.29 is 22.7 Å². The van der Waals surface area contributed by atoms with Crippen molar-refractivity contribution in [2.45, 2.75) is 4.90 Å². The molecule has 10 heteroatoms. The van der Waals surface area contributed by atoms with Crippen molar-refractivity contribution in [3.8, 4) is 6.07 Å². The van der Waals surface area contributed by atoms with Crippen LogP contribution < -0.4 is 10.0 Å². The van der Waals surface area contributed by atoms with E-state index in [0.717, 1.165) is 0 Å². The number of nitrogens with one attached hydrogen (secondary N) is 2. The van der Waals surface area contributed by atoms with Gasteiger partial charge in [-0.05, 0) is 41.8 Å². The van der Waals surface area contributed by atoms with Crippen LogP contribution in [0, 0.1) is 11.3 Å². The van der Waals surface area contributed by atoms with E-state index in [1.807, 2.05) is 6.07 Å². The number of carbonyl (C=O) groups excluding carboxylic acids is 2. The van der Waals surface area contributed by atoms with Crippen molar-refractivity contribution in [3.05, 3.63) is 77.2 Å². The Bertz CT molecular complexity index is 1210. The number of amides is 1. The molecule has 0 saturated heterocycles. The smallest absolute Gasteiger partial charge is 0.338 e. The number of rotatable bonds is 7. The van der Waals surface area contributed by atoms with Crippen molar-refractivity contribution in [1.82, 2.24) is 0 Å². The molecule has 0 fully saturated rings. The highest BCUT2D eigenvalue weighted by Gasteiger charge is 2.16. The molecule has 0 radical (unpaired) electrons. The van der Waals surface area contributed by atoms with Crippen LogP contribution in [0.15, 0.2) is 70.9 Å². The molecule has 0 aliphatic carbocycles. The monoisotopic (exact) mass is 441 g/mol. The Morgan fingerprint density at radius 2 is 1.83 bits per heavy atom. The molecule has 8 nitrogen and oxygen atoms in total. The molecule has 0 spiro atoms. The molecule has 0 aliphatic rings. The molecule has 3 rings (SSSR count). The average molecular weight is 441 g/mol. The van der Waals surface area contributed by atoms with Crippen molar-refractivity contribution in [1.29, 1.82) is 5.26 Å². The zero-order valence-electron chi connectivity index (χ0n) is 15.4. The van der Waals surface area contributed by atoms with Gasteiger partial charge in [-0.1, -0.05) is 24.3 Å². The summed E-state index contributed by atoms with van der Waals surface area (Å²) in [6, 6.07) is 17.0. The largest absolute Gasteiger partial charge is 0.452 e. The summed E-state index contributed by atoms with van der Waals surface area (Å²) in [4.78, 5) is 24.3. The van der Waals surface area contributed by atoms with Gasteiger partial charge in [0.05, 0.1) is 16.0 Å². The Morgan fingerprint density at radius 3 is 2.57 bits per heavy atom. The molecular weight excluding hydrogens is 426 g/mol. The van der Waals surface area contributed by atoms with E-state index in [4.69, 9.17) is 10.00 Å². The fourth-order valence-electron chi connectivity index (χ4n) is 2.39. The van der Waals surface area contributed by atoms with Gasteiger partial charge in [0.2, 0.25) is 0 Å². The molecule has 0 bridgehead atoms. The fourth-order valence-corrected chi connectivity index (χ4v) is 4.22. The van der Waals surface area contributed by atoms with Gasteiger partial charge in [-0.2, -0.15) is 5.26 Å². The minimum Gasteiger partial charge on any atom is -0.452 e. The highest BCUT2D eigenvalue weighted by atomic mass is 32.2. The minimum atomic E-state index is -3.81. The summed E-state index contributed by atoms with van der Waals surface area (Å²) in [7, 11) is -3.81. The molecular formula is C20H15N3O5S2. The summed E-state index contributed by atoms with van der Waals surface area (Å²) in [5.41, 5.74) is 0.568. The van der Waals surface area contributed by atoms with Crippen molar-refractivity contribution in [2.75, 3.05) is 16.6 Å². The van der Waals surface area contributed by atoms with Gasteiger partial charge in [-0.25, -0.2) is 13.2 Å². The average Bonchev–Trinajstić information content (AvgIpc) is 3.19. The standard InChI is InChI=1S/C20H15N3O5S2/c21-12-15-9-10-29-19(15)22-18(24)13-28-20(25)14-5-4-6-16(11-14)23-30(26,27)17-7-2-1-3-8-17/h1-11,23H,13H2,(H,22,24). The van der Waals surface area contributed by atoms with Crippen molar-refractivity contribution in [2.24, 2.45) is 0 Å². The minimum absolute atomic E-state index is 0.0740. The Hall–Kier alpha value is -3.68.